The first-order valence-corrected chi connectivity index (χ1v) is 8.78. The molecule has 1 aliphatic heterocycles. The van der Waals surface area contributed by atoms with E-state index in [1.54, 1.807) is 6.33 Å². The molecular weight excluding hydrogens is 314 g/mol. The third kappa shape index (κ3) is 3.29. The van der Waals surface area contributed by atoms with Crippen LogP contribution < -0.4 is 9.64 Å². The molecule has 1 aliphatic rings. The summed E-state index contributed by atoms with van der Waals surface area (Å²) >= 11 is 0. The second-order valence-electron chi connectivity index (χ2n) is 6.72. The molecule has 0 bridgehead atoms. The number of hydrogen-bond donors (Lipinski definition) is 0. The molecule has 0 unspecified atom stereocenters. The zero-order chi connectivity index (χ0) is 17.2. The molecule has 3 aromatic heterocycles. The van der Waals surface area contributed by atoms with Crippen molar-refractivity contribution >= 4 is 16.9 Å². The molecule has 6 nitrogen and oxygen atoms in total. The van der Waals surface area contributed by atoms with E-state index in [1.165, 1.54) is 0 Å². The molecule has 4 rings (SSSR count). The molecule has 3 aromatic rings. The van der Waals surface area contributed by atoms with Gasteiger partial charge in [-0.3, -0.25) is 0 Å². The minimum atomic E-state index is 0.562. The number of ether oxygens (including phenoxy) is 1. The van der Waals surface area contributed by atoms with Crippen molar-refractivity contribution in [2.75, 3.05) is 24.6 Å². The van der Waals surface area contributed by atoms with Crippen LogP contribution in [0.1, 0.15) is 18.5 Å². The number of rotatable bonds is 4. The molecule has 0 saturated carbocycles. The first-order chi connectivity index (χ1) is 12.2. The highest BCUT2D eigenvalue weighted by atomic mass is 16.5. The molecule has 4 heterocycles. The van der Waals surface area contributed by atoms with Crippen LogP contribution in [-0.2, 0) is 7.05 Å². The Morgan fingerprint density at radius 1 is 1.16 bits per heavy atom. The molecule has 1 saturated heterocycles. The van der Waals surface area contributed by atoms with E-state index in [4.69, 9.17) is 4.74 Å². The SMILES string of the molecule is Cc1cccc(OCC2CCN(c3ncnc4c3ccn4C)CC2)n1. The van der Waals surface area contributed by atoms with Gasteiger partial charge in [0.1, 0.15) is 17.8 Å². The summed E-state index contributed by atoms with van der Waals surface area (Å²) in [6.07, 6.45) is 5.91. The van der Waals surface area contributed by atoms with Crippen LogP contribution in [0.25, 0.3) is 11.0 Å². The standard InChI is InChI=1S/C19H23N5O/c1-14-4-3-5-17(22-14)25-12-15-6-10-24(11-7-15)19-16-8-9-23(2)18(16)20-13-21-19/h3-5,8-9,13,15H,6-7,10-12H2,1-2H3. The number of fused-ring (bicyclic) bond motifs is 1. The summed E-state index contributed by atoms with van der Waals surface area (Å²) in [5.41, 5.74) is 1.98. The molecular formula is C19H23N5O. The van der Waals surface area contributed by atoms with E-state index >= 15 is 0 Å². The van der Waals surface area contributed by atoms with E-state index in [0.29, 0.717) is 5.92 Å². The minimum absolute atomic E-state index is 0.562. The summed E-state index contributed by atoms with van der Waals surface area (Å²) in [5, 5.41) is 1.13. The van der Waals surface area contributed by atoms with Gasteiger partial charge in [0.05, 0.1) is 12.0 Å². The quantitative estimate of drug-likeness (QED) is 0.732. The van der Waals surface area contributed by atoms with Crippen LogP contribution >= 0.6 is 0 Å². The van der Waals surface area contributed by atoms with Crippen molar-refractivity contribution in [1.29, 1.82) is 0 Å². The third-order valence-electron chi connectivity index (χ3n) is 4.88. The summed E-state index contributed by atoms with van der Waals surface area (Å²) < 4.78 is 7.92. The van der Waals surface area contributed by atoms with Crippen molar-refractivity contribution < 1.29 is 4.74 Å². The van der Waals surface area contributed by atoms with Crippen molar-refractivity contribution in [2.45, 2.75) is 19.8 Å². The maximum atomic E-state index is 5.88. The van der Waals surface area contributed by atoms with Gasteiger partial charge in [0.15, 0.2) is 0 Å². The molecule has 0 aliphatic carbocycles. The number of nitrogens with zero attached hydrogens (tertiary/aromatic N) is 5. The molecule has 0 aromatic carbocycles. The van der Waals surface area contributed by atoms with Gasteiger partial charge in [0.2, 0.25) is 5.88 Å². The number of aromatic nitrogens is 4. The minimum Gasteiger partial charge on any atom is -0.477 e. The van der Waals surface area contributed by atoms with Crippen molar-refractivity contribution in [3.8, 4) is 5.88 Å². The van der Waals surface area contributed by atoms with E-state index in [0.717, 1.165) is 61.0 Å². The molecule has 0 spiro atoms. The highest BCUT2D eigenvalue weighted by Gasteiger charge is 2.22. The highest BCUT2D eigenvalue weighted by molar-refractivity contribution is 5.87. The molecule has 25 heavy (non-hydrogen) atoms. The zero-order valence-electron chi connectivity index (χ0n) is 14.7. The lowest BCUT2D eigenvalue weighted by molar-refractivity contribution is 0.215. The lowest BCUT2D eigenvalue weighted by Gasteiger charge is -2.32. The normalized spacial score (nSPS) is 15.7. The van der Waals surface area contributed by atoms with Gasteiger partial charge >= 0.3 is 0 Å². The number of pyridine rings is 1. The fourth-order valence-electron chi connectivity index (χ4n) is 3.43. The average molecular weight is 337 g/mol. The smallest absolute Gasteiger partial charge is 0.213 e. The van der Waals surface area contributed by atoms with Gasteiger partial charge < -0.3 is 14.2 Å². The fraction of sp³-hybridized carbons (Fsp3) is 0.421. The van der Waals surface area contributed by atoms with Crippen LogP contribution in [0, 0.1) is 12.8 Å². The first-order valence-electron chi connectivity index (χ1n) is 8.78. The summed E-state index contributed by atoms with van der Waals surface area (Å²) in [6.45, 7) is 4.71. The number of anilines is 1. The molecule has 0 atom stereocenters. The molecule has 6 heteroatoms. The maximum absolute atomic E-state index is 5.88. The van der Waals surface area contributed by atoms with Gasteiger partial charge in [-0.05, 0) is 37.8 Å². The predicted octanol–water partition coefficient (Wildman–Crippen LogP) is 2.97. The predicted molar refractivity (Wildman–Crippen MR) is 97.9 cm³/mol. The lowest BCUT2D eigenvalue weighted by Crippen LogP contribution is -2.36. The van der Waals surface area contributed by atoms with Gasteiger partial charge in [-0.1, -0.05) is 6.07 Å². The van der Waals surface area contributed by atoms with Crippen molar-refractivity contribution in [2.24, 2.45) is 13.0 Å². The Bertz CT molecular complexity index is 867. The van der Waals surface area contributed by atoms with E-state index in [9.17, 15) is 0 Å². The zero-order valence-corrected chi connectivity index (χ0v) is 14.7. The van der Waals surface area contributed by atoms with Crippen LogP contribution in [0.15, 0.2) is 36.8 Å². The number of aryl methyl sites for hydroxylation is 2. The number of piperidine rings is 1. The van der Waals surface area contributed by atoms with Crippen LogP contribution in [0.3, 0.4) is 0 Å². The van der Waals surface area contributed by atoms with Gasteiger partial charge in [-0.25, -0.2) is 15.0 Å². The second kappa shape index (κ2) is 6.70. The van der Waals surface area contributed by atoms with E-state index in [-0.39, 0.29) is 0 Å². The summed E-state index contributed by atoms with van der Waals surface area (Å²) in [7, 11) is 2.02. The van der Waals surface area contributed by atoms with Gasteiger partial charge in [-0.15, -0.1) is 0 Å². The Labute approximate surface area is 147 Å². The first kappa shape index (κ1) is 15.9. The van der Waals surface area contributed by atoms with Crippen LogP contribution in [-0.4, -0.2) is 39.2 Å². The highest BCUT2D eigenvalue weighted by Crippen LogP contribution is 2.28. The Kier molecular flexibility index (Phi) is 4.26. The van der Waals surface area contributed by atoms with Gasteiger partial charge in [0.25, 0.3) is 0 Å². The second-order valence-corrected chi connectivity index (χ2v) is 6.72. The van der Waals surface area contributed by atoms with E-state index < -0.39 is 0 Å². The molecule has 0 radical (unpaired) electrons. The summed E-state index contributed by atoms with van der Waals surface area (Å²) in [5.74, 6) is 2.33. The van der Waals surface area contributed by atoms with Crippen molar-refractivity contribution in [3.63, 3.8) is 0 Å². The third-order valence-corrected chi connectivity index (χ3v) is 4.88. The van der Waals surface area contributed by atoms with Crippen LogP contribution in [0.2, 0.25) is 0 Å². The topological polar surface area (TPSA) is 56.1 Å². The van der Waals surface area contributed by atoms with Crippen molar-refractivity contribution in [3.05, 3.63) is 42.5 Å². The van der Waals surface area contributed by atoms with Crippen LogP contribution in [0.5, 0.6) is 5.88 Å². The Morgan fingerprint density at radius 2 is 2.00 bits per heavy atom. The Hall–Kier alpha value is -2.63. The van der Waals surface area contributed by atoms with Gasteiger partial charge in [-0.2, -0.15) is 0 Å². The molecule has 130 valence electrons. The largest absolute Gasteiger partial charge is 0.477 e. The lowest BCUT2D eigenvalue weighted by atomic mass is 9.97. The van der Waals surface area contributed by atoms with Gasteiger partial charge in [0, 0.05) is 38.1 Å². The number of hydrogen-bond acceptors (Lipinski definition) is 5. The molecule has 0 amide bonds. The molecule has 1 fully saturated rings. The Balaban J connectivity index is 1.38. The monoisotopic (exact) mass is 337 g/mol. The van der Waals surface area contributed by atoms with Crippen LogP contribution in [0.4, 0.5) is 5.82 Å². The van der Waals surface area contributed by atoms with Crippen molar-refractivity contribution in [1.82, 2.24) is 19.5 Å². The van der Waals surface area contributed by atoms with E-state index in [2.05, 4.69) is 25.9 Å². The molecule has 0 N–H and O–H groups in total. The summed E-state index contributed by atoms with van der Waals surface area (Å²) in [6, 6.07) is 8.00. The van der Waals surface area contributed by atoms with E-state index in [1.807, 2.05) is 42.9 Å². The maximum Gasteiger partial charge on any atom is 0.213 e. The summed E-state index contributed by atoms with van der Waals surface area (Å²) in [4.78, 5) is 15.7. The fourth-order valence-corrected chi connectivity index (χ4v) is 3.43. The average Bonchev–Trinajstić information content (AvgIpc) is 3.02. The Morgan fingerprint density at radius 3 is 2.80 bits per heavy atom.